The van der Waals surface area contributed by atoms with E-state index in [0.29, 0.717) is 18.7 Å². The summed E-state index contributed by atoms with van der Waals surface area (Å²) in [4.78, 5) is 13.1. The van der Waals surface area contributed by atoms with E-state index in [9.17, 15) is 9.18 Å². The number of hydrogen-bond acceptors (Lipinski definition) is 3. The van der Waals surface area contributed by atoms with Gasteiger partial charge < -0.3 is 9.84 Å². The Morgan fingerprint density at radius 1 is 1.53 bits per heavy atom. The number of aromatic carboxylic acids is 1. The lowest BCUT2D eigenvalue weighted by atomic mass is 10.1. The number of carbonyl (C=O) groups is 1. The monoisotopic (exact) mass is 267 g/mol. The predicted octanol–water partition coefficient (Wildman–Crippen LogP) is 2.13. The van der Waals surface area contributed by atoms with Gasteiger partial charge in [0.2, 0.25) is 0 Å². The van der Waals surface area contributed by atoms with Gasteiger partial charge in [0.15, 0.2) is 0 Å². The SMILES string of the molecule is CCC1CN(Cc2cc(F)cc(C(=O)O)c2)CCO1. The van der Waals surface area contributed by atoms with E-state index < -0.39 is 11.8 Å². The first kappa shape index (κ1) is 14.0. The number of ether oxygens (including phenoxy) is 1. The van der Waals surface area contributed by atoms with Crippen LogP contribution in [0.25, 0.3) is 0 Å². The maximum absolute atomic E-state index is 13.4. The number of carboxylic acid groups (broad SMARTS) is 1. The maximum Gasteiger partial charge on any atom is 0.335 e. The van der Waals surface area contributed by atoms with Crippen molar-refractivity contribution < 1.29 is 19.0 Å². The van der Waals surface area contributed by atoms with Gasteiger partial charge in [0.1, 0.15) is 5.82 Å². The topological polar surface area (TPSA) is 49.8 Å². The summed E-state index contributed by atoms with van der Waals surface area (Å²) in [5, 5.41) is 8.92. The molecule has 1 aliphatic heterocycles. The number of morpholine rings is 1. The molecule has 1 saturated heterocycles. The number of benzene rings is 1. The quantitative estimate of drug-likeness (QED) is 0.908. The van der Waals surface area contributed by atoms with Crippen LogP contribution in [-0.4, -0.2) is 41.8 Å². The third-order valence-corrected chi connectivity index (χ3v) is 3.29. The van der Waals surface area contributed by atoms with Crippen molar-refractivity contribution in [2.75, 3.05) is 19.7 Å². The van der Waals surface area contributed by atoms with E-state index in [-0.39, 0.29) is 11.7 Å². The van der Waals surface area contributed by atoms with E-state index in [2.05, 4.69) is 11.8 Å². The van der Waals surface area contributed by atoms with Gasteiger partial charge in [0.05, 0.1) is 18.3 Å². The van der Waals surface area contributed by atoms with Gasteiger partial charge in [0.25, 0.3) is 0 Å². The normalized spacial score (nSPS) is 20.4. The van der Waals surface area contributed by atoms with Crippen molar-refractivity contribution in [1.82, 2.24) is 4.90 Å². The molecule has 0 bridgehead atoms. The molecule has 1 aromatic rings. The van der Waals surface area contributed by atoms with Gasteiger partial charge in [-0.25, -0.2) is 9.18 Å². The second-order valence-corrected chi connectivity index (χ2v) is 4.79. The summed E-state index contributed by atoms with van der Waals surface area (Å²) < 4.78 is 18.9. The molecule has 0 aromatic heterocycles. The van der Waals surface area contributed by atoms with Crippen molar-refractivity contribution in [2.45, 2.75) is 26.0 Å². The Labute approximate surface area is 111 Å². The zero-order valence-corrected chi connectivity index (χ0v) is 10.9. The summed E-state index contributed by atoms with van der Waals surface area (Å²) in [5.74, 6) is -1.61. The Bertz CT molecular complexity index is 464. The summed E-state index contributed by atoms with van der Waals surface area (Å²) in [7, 11) is 0. The van der Waals surface area contributed by atoms with E-state index in [1.165, 1.54) is 12.1 Å². The summed E-state index contributed by atoms with van der Waals surface area (Å²) in [6, 6.07) is 3.96. The van der Waals surface area contributed by atoms with Crippen molar-refractivity contribution in [1.29, 1.82) is 0 Å². The molecule has 19 heavy (non-hydrogen) atoms. The molecule has 0 aliphatic carbocycles. The Balaban J connectivity index is 2.08. The van der Waals surface area contributed by atoms with Crippen LogP contribution in [0.5, 0.6) is 0 Å². The van der Waals surface area contributed by atoms with Crippen molar-refractivity contribution in [3.05, 3.63) is 35.1 Å². The maximum atomic E-state index is 13.4. The second kappa shape index (κ2) is 6.12. The third-order valence-electron chi connectivity index (χ3n) is 3.29. The lowest BCUT2D eigenvalue weighted by Gasteiger charge is -2.32. The molecule has 1 heterocycles. The first-order valence-corrected chi connectivity index (χ1v) is 6.45. The summed E-state index contributed by atoms with van der Waals surface area (Å²) >= 11 is 0. The van der Waals surface area contributed by atoms with Crippen molar-refractivity contribution in [3.8, 4) is 0 Å². The number of carboxylic acids is 1. The van der Waals surface area contributed by atoms with Gasteiger partial charge in [0, 0.05) is 19.6 Å². The fourth-order valence-corrected chi connectivity index (χ4v) is 2.29. The van der Waals surface area contributed by atoms with Gasteiger partial charge in [-0.1, -0.05) is 6.92 Å². The van der Waals surface area contributed by atoms with E-state index in [1.807, 2.05) is 0 Å². The molecule has 0 radical (unpaired) electrons. The van der Waals surface area contributed by atoms with E-state index in [1.54, 1.807) is 0 Å². The Morgan fingerprint density at radius 3 is 3.00 bits per heavy atom. The van der Waals surface area contributed by atoms with Crippen molar-refractivity contribution in [2.24, 2.45) is 0 Å². The van der Waals surface area contributed by atoms with Gasteiger partial charge in [-0.15, -0.1) is 0 Å². The van der Waals surface area contributed by atoms with Gasteiger partial charge in [-0.05, 0) is 30.2 Å². The number of hydrogen-bond donors (Lipinski definition) is 1. The van der Waals surface area contributed by atoms with Gasteiger partial charge >= 0.3 is 5.97 Å². The molecule has 104 valence electrons. The van der Waals surface area contributed by atoms with Crippen LogP contribution in [0.2, 0.25) is 0 Å². The number of nitrogens with zero attached hydrogens (tertiary/aromatic N) is 1. The van der Waals surface area contributed by atoms with E-state index >= 15 is 0 Å². The molecule has 1 fully saturated rings. The van der Waals surface area contributed by atoms with Crippen LogP contribution in [-0.2, 0) is 11.3 Å². The summed E-state index contributed by atoms with van der Waals surface area (Å²) in [6.07, 6.45) is 1.15. The first-order chi connectivity index (χ1) is 9.08. The molecule has 1 aromatic carbocycles. The average Bonchev–Trinajstić information content (AvgIpc) is 2.38. The highest BCUT2D eigenvalue weighted by molar-refractivity contribution is 5.87. The zero-order chi connectivity index (χ0) is 13.8. The smallest absolute Gasteiger partial charge is 0.335 e. The first-order valence-electron chi connectivity index (χ1n) is 6.45. The highest BCUT2D eigenvalue weighted by Gasteiger charge is 2.19. The largest absolute Gasteiger partial charge is 0.478 e. The average molecular weight is 267 g/mol. The highest BCUT2D eigenvalue weighted by Crippen LogP contribution is 2.15. The molecule has 1 unspecified atom stereocenters. The lowest BCUT2D eigenvalue weighted by Crippen LogP contribution is -2.41. The van der Waals surface area contributed by atoms with Gasteiger partial charge in [-0.3, -0.25) is 4.90 Å². The lowest BCUT2D eigenvalue weighted by molar-refractivity contribution is -0.0325. The molecule has 0 amide bonds. The van der Waals surface area contributed by atoms with Crippen LogP contribution in [0.3, 0.4) is 0 Å². The zero-order valence-electron chi connectivity index (χ0n) is 10.9. The van der Waals surface area contributed by atoms with Crippen molar-refractivity contribution >= 4 is 5.97 Å². The molecule has 0 spiro atoms. The molecular formula is C14H18FNO3. The van der Waals surface area contributed by atoms with Crippen LogP contribution >= 0.6 is 0 Å². The van der Waals surface area contributed by atoms with Crippen LogP contribution < -0.4 is 0 Å². The minimum atomic E-state index is -1.10. The fraction of sp³-hybridized carbons (Fsp3) is 0.500. The Hall–Kier alpha value is -1.46. The van der Waals surface area contributed by atoms with E-state index in [4.69, 9.17) is 9.84 Å². The molecule has 4 nitrogen and oxygen atoms in total. The van der Waals surface area contributed by atoms with Gasteiger partial charge in [-0.2, -0.15) is 0 Å². The predicted molar refractivity (Wildman–Crippen MR) is 68.7 cm³/mol. The molecule has 5 heteroatoms. The van der Waals surface area contributed by atoms with Crippen LogP contribution in [0.15, 0.2) is 18.2 Å². The van der Waals surface area contributed by atoms with E-state index in [0.717, 1.165) is 25.6 Å². The van der Waals surface area contributed by atoms with Crippen LogP contribution in [0.4, 0.5) is 4.39 Å². The Kier molecular flexibility index (Phi) is 4.50. The number of halogens is 1. The fourth-order valence-electron chi connectivity index (χ4n) is 2.29. The molecule has 1 atom stereocenters. The highest BCUT2D eigenvalue weighted by atomic mass is 19.1. The Morgan fingerprint density at radius 2 is 2.32 bits per heavy atom. The minimum absolute atomic E-state index is 0.00435. The number of rotatable bonds is 4. The third kappa shape index (κ3) is 3.75. The standard InChI is InChI=1S/C14H18FNO3/c1-2-13-9-16(3-4-19-13)8-10-5-11(14(17)18)7-12(15)6-10/h5-7,13H,2-4,8-9H2,1H3,(H,17,18). The molecule has 1 aliphatic rings. The van der Waals surface area contributed by atoms with Crippen molar-refractivity contribution in [3.63, 3.8) is 0 Å². The molecule has 1 N–H and O–H groups in total. The van der Waals surface area contributed by atoms with Crippen LogP contribution in [0.1, 0.15) is 29.3 Å². The minimum Gasteiger partial charge on any atom is -0.478 e. The van der Waals surface area contributed by atoms with Crippen LogP contribution in [0, 0.1) is 5.82 Å². The molecular weight excluding hydrogens is 249 g/mol. The summed E-state index contributed by atoms with van der Waals surface area (Å²) in [6.45, 7) is 4.88. The second-order valence-electron chi connectivity index (χ2n) is 4.79. The molecule has 0 saturated carbocycles. The summed E-state index contributed by atoms with van der Waals surface area (Å²) in [5.41, 5.74) is 0.685. The molecule has 2 rings (SSSR count).